The third kappa shape index (κ3) is 4.37. The van der Waals surface area contributed by atoms with E-state index in [2.05, 4.69) is 49.5 Å². The van der Waals surface area contributed by atoms with Crippen LogP contribution in [-0.2, 0) is 6.54 Å². The molecule has 1 aliphatic rings. The molecule has 0 bridgehead atoms. The van der Waals surface area contributed by atoms with E-state index >= 15 is 0 Å². The number of benzene rings is 2. The predicted molar refractivity (Wildman–Crippen MR) is 125 cm³/mol. The van der Waals surface area contributed by atoms with E-state index in [9.17, 15) is 8.78 Å². The molecule has 1 fully saturated rings. The van der Waals surface area contributed by atoms with Gasteiger partial charge in [0.25, 0.3) is 0 Å². The Kier molecular flexibility index (Phi) is 5.99. The van der Waals surface area contributed by atoms with Gasteiger partial charge in [-0.3, -0.25) is 4.90 Å². The van der Waals surface area contributed by atoms with Gasteiger partial charge >= 0.3 is 0 Å². The summed E-state index contributed by atoms with van der Waals surface area (Å²) in [6.07, 6.45) is 1.67. The van der Waals surface area contributed by atoms with Gasteiger partial charge < -0.3 is 10.6 Å². The van der Waals surface area contributed by atoms with E-state index in [1.807, 2.05) is 12.1 Å². The molecule has 2 N–H and O–H groups in total. The van der Waals surface area contributed by atoms with Gasteiger partial charge in [0.05, 0.1) is 5.56 Å². The fraction of sp³-hybridized carbons (Fsp3) is 0.250. The van der Waals surface area contributed by atoms with Crippen LogP contribution in [0.3, 0.4) is 0 Å². The highest BCUT2D eigenvalue weighted by Gasteiger charge is 2.20. The van der Waals surface area contributed by atoms with E-state index in [1.54, 1.807) is 12.3 Å². The van der Waals surface area contributed by atoms with Crippen LogP contribution in [0.4, 0.5) is 14.6 Å². The lowest BCUT2D eigenvalue weighted by atomic mass is 10.0. The minimum Gasteiger partial charge on any atom is -0.383 e. The third-order valence-electron chi connectivity index (χ3n) is 6.08. The Bertz CT molecular complexity index is 1300. The summed E-state index contributed by atoms with van der Waals surface area (Å²) >= 11 is 0. The van der Waals surface area contributed by atoms with Crippen LogP contribution in [0.1, 0.15) is 5.56 Å². The number of hydrogen-bond donors (Lipinski definition) is 1. The molecular weight excluding hydrogens is 438 g/mol. The number of nitrogens with two attached hydrogens (primary N) is 1. The number of anilines is 1. The average Bonchev–Trinajstić information content (AvgIpc) is 3.33. The Balaban J connectivity index is 1.42. The minimum absolute atomic E-state index is 0.113. The zero-order valence-corrected chi connectivity index (χ0v) is 18.7. The maximum Gasteiger partial charge on any atom is 0.190 e. The van der Waals surface area contributed by atoms with Crippen molar-refractivity contribution in [2.75, 3.05) is 39.0 Å². The summed E-state index contributed by atoms with van der Waals surface area (Å²) in [7, 11) is 2.15. The molecule has 34 heavy (non-hydrogen) atoms. The Labute approximate surface area is 195 Å². The zero-order chi connectivity index (χ0) is 23.7. The van der Waals surface area contributed by atoms with Gasteiger partial charge in [-0.25, -0.2) is 13.8 Å². The number of aromatic nitrogens is 5. The van der Waals surface area contributed by atoms with E-state index < -0.39 is 11.6 Å². The second-order valence-electron chi connectivity index (χ2n) is 8.42. The van der Waals surface area contributed by atoms with Crippen molar-refractivity contribution < 1.29 is 8.78 Å². The summed E-state index contributed by atoms with van der Waals surface area (Å²) in [5.74, 6) is -1.68. The monoisotopic (exact) mass is 462 g/mol. The number of piperazine rings is 1. The first kappa shape index (κ1) is 22.1. The Morgan fingerprint density at radius 1 is 0.971 bits per heavy atom. The van der Waals surface area contributed by atoms with Crippen LogP contribution in [0.5, 0.6) is 0 Å². The molecule has 1 aliphatic heterocycles. The maximum absolute atomic E-state index is 14.4. The third-order valence-corrected chi connectivity index (χ3v) is 6.08. The van der Waals surface area contributed by atoms with Crippen LogP contribution in [-0.4, -0.2) is 68.2 Å². The van der Waals surface area contributed by atoms with E-state index in [0.29, 0.717) is 5.56 Å². The van der Waals surface area contributed by atoms with Crippen molar-refractivity contribution in [3.63, 3.8) is 0 Å². The number of likely N-dealkylation sites (N-methyl/N-ethyl adjacent to an activating group) is 1. The lowest BCUT2D eigenvalue weighted by molar-refractivity contribution is 0.148. The summed E-state index contributed by atoms with van der Waals surface area (Å²) in [5.41, 5.74) is 9.42. The standard InChI is InChI=1S/C24H24F2N8/c1-32-9-11-33(12-10-32)15-16-5-7-17(8-6-16)18-13-19(23(27)28-14-18)24-29-30-31-34(24)21-4-2-3-20(25)22(21)26/h2-8,13-14H,9-12,15H2,1H3,(H2,27,28). The Morgan fingerprint density at radius 2 is 1.74 bits per heavy atom. The fourth-order valence-corrected chi connectivity index (χ4v) is 4.05. The first-order valence-electron chi connectivity index (χ1n) is 11.0. The molecule has 5 rings (SSSR count). The molecule has 0 radical (unpaired) electrons. The first-order valence-corrected chi connectivity index (χ1v) is 11.0. The summed E-state index contributed by atoms with van der Waals surface area (Å²) in [6.45, 7) is 5.19. The van der Waals surface area contributed by atoms with Crippen LogP contribution < -0.4 is 5.73 Å². The molecule has 174 valence electrons. The van der Waals surface area contributed by atoms with Gasteiger partial charge in [0.2, 0.25) is 0 Å². The maximum atomic E-state index is 14.4. The molecule has 0 spiro atoms. The quantitative estimate of drug-likeness (QED) is 0.488. The van der Waals surface area contributed by atoms with Gasteiger partial charge in [0.1, 0.15) is 11.5 Å². The lowest BCUT2D eigenvalue weighted by Gasteiger charge is -2.32. The molecule has 2 aromatic heterocycles. The number of rotatable bonds is 5. The van der Waals surface area contributed by atoms with E-state index in [-0.39, 0.29) is 17.3 Å². The van der Waals surface area contributed by atoms with Gasteiger partial charge in [-0.05, 0) is 46.8 Å². The second-order valence-corrected chi connectivity index (χ2v) is 8.42. The van der Waals surface area contributed by atoms with Crippen LogP contribution in [0.15, 0.2) is 54.7 Å². The van der Waals surface area contributed by atoms with Crippen LogP contribution in [0.25, 0.3) is 28.2 Å². The molecular formula is C24H24F2N8. The minimum atomic E-state index is -1.05. The van der Waals surface area contributed by atoms with Gasteiger partial charge in [0, 0.05) is 44.5 Å². The Morgan fingerprint density at radius 3 is 2.50 bits per heavy atom. The molecule has 0 atom stereocenters. The summed E-state index contributed by atoms with van der Waals surface area (Å²) in [5, 5.41) is 11.5. The molecule has 0 amide bonds. The molecule has 2 aromatic carbocycles. The molecule has 4 aromatic rings. The van der Waals surface area contributed by atoms with Crippen molar-refractivity contribution in [3.05, 3.63) is 71.9 Å². The average molecular weight is 463 g/mol. The van der Waals surface area contributed by atoms with Gasteiger partial charge in [-0.1, -0.05) is 30.3 Å². The number of nitrogen functional groups attached to an aromatic ring is 1. The fourth-order valence-electron chi connectivity index (χ4n) is 4.05. The molecule has 3 heterocycles. The highest BCUT2D eigenvalue weighted by molar-refractivity contribution is 5.76. The molecule has 0 aliphatic carbocycles. The summed E-state index contributed by atoms with van der Waals surface area (Å²) in [6, 6.07) is 13.9. The van der Waals surface area contributed by atoms with E-state index in [4.69, 9.17) is 5.73 Å². The van der Waals surface area contributed by atoms with Crippen molar-refractivity contribution in [1.29, 1.82) is 0 Å². The van der Waals surface area contributed by atoms with Crippen LogP contribution in [0.2, 0.25) is 0 Å². The largest absolute Gasteiger partial charge is 0.383 e. The number of tetrazole rings is 1. The number of pyridine rings is 1. The predicted octanol–water partition coefficient (Wildman–Crippen LogP) is 3.00. The summed E-state index contributed by atoms with van der Waals surface area (Å²) in [4.78, 5) is 9.08. The number of nitrogens with zero attached hydrogens (tertiary/aromatic N) is 7. The van der Waals surface area contributed by atoms with E-state index in [1.165, 1.54) is 17.7 Å². The molecule has 0 saturated carbocycles. The van der Waals surface area contributed by atoms with Gasteiger partial charge in [-0.15, -0.1) is 5.10 Å². The molecule has 8 nitrogen and oxygen atoms in total. The van der Waals surface area contributed by atoms with Crippen molar-refractivity contribution in [3.8, 4) is 28.2 Å². The lowest BCUT2D eigenvalue weighted by Crippen LogP contribution is -2.43. The smallest absolute Gasteiger partial charge is 0.190 e. The molecule has 0 unspecified atom stereocenters. The van der Waals surface area contributed by atoms with Crippen molar-refractivity contribution in [1.82, 2.24) is 35.0 Å². The number of hydrogen-bond acceptors (Lipinski definition) is 7. The zero-order valence-electron chi connectivity index (χ0n) is 18.7. The van der Waals surface area contributed by atoms with Crippen molar-refractivity contribution >= 4 is 5.82 Å². The topological polar surface area (TPSA) is 89.0 Å². The number of halogens is 2. The van der Waals surface area contributed by atoms with Gasteiger partial charge in [0.15, 0.2) is 17.5 Å². The highest BCUT2D eigenvalue weighted by Crippen LogP contribution is 2.30. The van der Waals surface area contributed by atoms with Gasteiger partial charge in [-0.2, -0.15) is 4.68 Å². The highest BCUT2D eigenvalue weighted by atomic mass is 19.2. The molecule has 10 heteroatoms. The van der Waals surface area contributed by atoms with Crippen LogP contribution >= 0.6 is 0 Å². The van der Waals surface area contributed by atoms with E-state index in [0.717, 1.165) is 54.6 Å². The molecule has 1 saturated heterocycles. The first-order chi connectivity index (χ1) is 16.5. The summed E-state index contributed by atoms with van der Waals surface area (Å²) < 4.78 is 29.3. The second kappa shape index (κ2) is 9.24. The SMILES string of the molecule is CN1CCN(Cc2ccc(-c3cnc(N)c(-c4nnnn4-c4cccc(F)c4F)c3)cc2)CC1. The van der Waals surface area contributed by atoms with Crippen LogP contribution in [0, 0.1) is 11.6 Å². The van der Waals surface area contributed by atoms with Crippen molar-refractivity contribution in [2.24, 2.45) is 0 Å². The normalized spacial score (nSPS) is 15.0. The van der Waals surface area contributed by atoms with Crippen molar-refractivity contribution in [2.45, 2.75) is 6.54 Å². The Hall–Kier alpha value is -3.76.